The van der Waals surface area contributed by atoms with Crippen LogP contribution in [0.5, 0.6) is 0 Å². The molecule has 0 unspecified atom stereocenters. The number of unbranched alkanes of at least 4 members (excludes halogenated alkanes) is 14. The molecule has 2 nitrogen and oxygen atoms in total. The first-order valence-electron chi connectivity index (χ1n) is 10.9. The van der Waals surface area contributed by atoms with Gasteiger partial charge in [-0.15, -0.1) is 12.4 Å². The van der Waals surface area contributed by atoms with E-state index in [1.54, 1.807) is 0 Å². The highest BCUT2D eigenvalue weighted by atomic mass is 35.5. The molecule has 0 aliphatic carbocycles. The van der Waals surface area contributed by atoms with Gasteiger partial charge in [0.25, 0.3) is 0 Å². The van der Waals surface area contributed by atoms with E-state index in [0.717, 1.165) is 6.42 Å². The van der Waals surface area contributed by atoms with Crippen LogP contribution in [0.25, 0.3) is 0 Å². The van der Waals surface area contributed by atoms with E-state index in [-0.39, 0.29) is 24.2 Å². The lowest BCUT2D eigenvalue weighted by molar-refractivity contribution is 0.0467. The average Bonchev–Trinajstić information content (AvgIpc) is 2.56. The summed E-state index contributed by atoms with van der Waals surface area (Å²) in [6, 6.07) is 0. The summed E-state index contributed by atoms with van der Waals surface area (Å²) in [6.07, 6.45) is 26.4. The Bertz CT molecular complexity index is 279. The average molecular weight is 392 g/mol. The summed E-state index contributed by atoms with van der Waals surface area (Å²) >= 11 is 0. The topological polar surface area (TPSA) is 44.2 Å². The predicted molar refractivity (Wildman–Crippen MR) is 122 cm³/mol. The van der Waals surface area contributed by atoms with Crippen molar-refractivity contribution in [2.75, 3.05) is 0 Å². The maximum Gasteiger partial charge on any atom is 0.103 e. The number of hydrogen-bond donors (Lipinski definition) is 1. The Balaban J connectivity index is -0.00000264. The van der Waals surface area contributed by atoms with Crippen molar-refractivity contribution >= 4 is 12.4 Å². The minimum Gasteiger partial charge on any atom is -0.496 e. The molecule has 0 aliphatic rings. The van der Waals surface area contributed by atoms with Gasteiger partial charge in [0, 0.05) is 0 Å². The molecule has 0 aromatic rings. The molecule has 3 heteroatoms. The first kappa shape index (κ1) is 30.5. The second-order valence-electron chi connectivity index (χ2n) is 8.05. The van der Waals surface area contributed by atoms with E-state index in [9.17, 15) is 0 Å². The second-order valence-corrected chi connectivity index (χ2v) is 8.05. The highest BCUT2D eigenvalue weighted by Gasteiger charge is 2.16. The lowest BCUT2D eigenvalue weighted by atomic mass is 9.99. The van der Waals surface area contributed by atoms with Gasteiger partial charge in [-0.3, -0.25) is 0 Å². The molecular weight excluding hydrogens is 342 g/mol. The van der Waals surface area contributed by atoms with Gasteiger partial charge in [-0.05, 0) is 33.6 Å². The van der Waals surface area contributed by atoms with Crippen molar-refractivity contribution in [2.45, 2.75) is 136 Å². The van der Waals surface area contributed by atoms with Gasteiger partial charge in [0.05, 0.1) is 6.26 Å². The molecule has 0 bridgehead atoms. The summed E-state index contributed by atoms with van der Waals surface area (Å²) < 4.78 is 5.72. The van der Waals surface area contributed by atoms with Crippen molar-refractivity contribution < 1.29 is 4.74 Å². The summed E-state index contributed by atoms with van der Waals surface area (Å²) in [7, 11) is 0. The number of halogens is 1. The fourth-order valence-electron chi connectivity index (χ4n) is 3.23. The standard InChI is InChI=1S/C23H46O.ClH.H3N/c1-5-7-8-9-10-11-12-13-14-15-16-17-18-19-20-21-23(3,4)24-22-6-2;;/h6,22H,5,7-21H2,1-4H3;1H;1H3. The summed E-state index contributed by atoms with van der Waals surface area (Å²) in [6.45, 7) is 8.68. The molecule has 26 heavy (non-hydrogen) atoms. The molecule has 3 N–H and O–H groups in total. The lowest BCUT2D eigenvalue weighted by Crippen LogP contribution is -2.21. The molecular formula is C23H50ClNO. The Hall–Kier alpha value is -0.210. The van der Waals surface area contributed by atoms with Crippen LogP contribution in [0.4, 0.5) is 0 Å². The van der Waals surface area contributed by atoms with Crippen LogP contribution in [0.3, 0.4) is 0 Å². The molecule has 0 amide bonds. The summed E-state index contributed by atoms with van der Waals surface area (Å²) in [5, 5.41) is 0. The quantitative estimate of drug-likeness (QED) is 0.187. The maximum absolute atomic E-state index is 5.72. The minimum absolute atomic E-state index is 0. The third-order valence-corrected chi connectivity index (χ3v) is 4.91. The molecule has 0 spiro atoms. The zero-order valence-electron chi connectivity index (χ0n) is 18.5. The van der Waals surface area contributed by atoms with Crippen molar-refractivity contribution in [1.29, 1.82) is 0 Å². The van der Waals surface area contributed by atoms with Crippen LogP contribution in [-0.4, -0.2) is 5.60 Å². The van der Waals surface area contributed by atoms with Gasteiger partial charge in [-0.25, -0.2) is 0 Å². The van der Waals surface area contributed by atoms with E-state index in [0.29, 0.717) is 0 Å². The number of rotatable bonds is 18. The molecule has 0 rings (SSSR count). The molecule has 0 fully saturated rings. The Labute approximate surface area is 171 Å². The molecule has 0 saturated carbocycles. The van der Waals surface area contributed by atoms with Crippen molar-refractivity contribution in [3.8, 4) is 0 Å². The van der Waals surface area contributed by atoms with Crippen LogP contribution in [0.15, 0.2) is 12.3 Å². The predicted octanol–water partition coefficient (Wildman–Crippen LogP) is 9.16. The summed E-state index contributed by atoms with van der Waals surface area (Å²) in [4.78, 5) is 0. The monoisotopic (exact) mass is 391 g/mol. The van der Waals surface area contributed by atoms with Crippen LogP contribution < -0.4 is 6.15 Å². The van der Waals surface area contributed by atoms with Crippen molar-refractivity contribution in [3.63, 3.8) is 0 Å². The molecule has 0 heterocycles. The van der Waals surface area contributed by atoms with Gasteiger partial charge in [0.2, 0.25) is 0 Å². The number of hydrogen-bond acceptors (Lipinski definition) is 2. The van der Waals surface area contributed by atoms with E-state index in [2.05, 4.69) is 20.8 Å². The van der Waals surface area contributed by atoms with E-state index in [1.165, 1.54) is 96.3 Å². The molecule has 0 saturated heterocycles. The molecule has 0 aromatic carbocycles. The first-order valence-corrected chi connectivity index (χ1v) is 10.9. The van der Waals surface area contributed by atoms with Crippen molar-refractivity contribution in [1.82, 2.24) is 6.15 Å². The minimum atomic E-state index is 0. The highest BCUT2D eigenvalue weighted by molar-refractivity contribution is 5.85. The second kappa shape index (κ2) is 22.8. The van der Waals surface area contributed by atoms with Gasteiger partial charge in [-0.1, -0.05) is 103 Å². The molecule has 0 radical (unpaired) electrons. The van der Waals surface area contributed by atoms with E-state index in [4.69, 9.17) is 4.74 Å². The number of ether oxygens (including phenoxy) is 1. The largest absolute Gasteiger partial charge is 0.496 e. The number of allylic oxidation sites excluding steroid dienone is 1. The molecule has 0 atom stereocenters. The summed E-state index contributed by atoms with van der Waals surface area (Å²) in [5.74, 6) is 0. The normalized spacial score (nSPS) is 11.2. The fourth-order valence-corrected chi connectivity index (χ4v) is 3.23. The lowest BCUT2D eigenvalue weighted by Gasteiger charge is -2.24. The smallest absolute Gasteiger partial charge is 0.103 e. The zero-order chi connectivity index (χ0) is 17.9. The van der Waals surface area contributed by atoms with Gasteiger partial charge < -0.3 is 10.9 Å². The van der Waals surface area contributed by atoms with Crippen LogP contribution in [0.1, 0.15) is 130 Å². The molecule has 0 aliphatic heterocycles. The van der Waals surface area contributed by atoms with Crippen LogP contribution in [0.2, 0.25) is 0 Å². The van der Waals surface area contributed by atoms with E-state index >= 15 is 0 Å². The Kier molecular flexibility index (Phi) is 26.8. The molecule has 160 valence electrons. The van der Waals surface area contributed by atoms with Crippen molar-refractivity contribution in [3.05, 3.63) is 12.3 Å². The van der Waals surface area contributed by atoms with E-state index < -0.39 is 0 Å². The van der Waals surface area contributed by atoms with Crippen molar-refractivity contribution in [2.24, 2.45) is 0 Å². The molecule has 0 aromatic heterocycles. The summed E-state index contributed by atoms with van der Waals surface area (Å²) in [5.41, 5.74) is 0.00303. The fraction of sp³-hybridized carbons (Fsp3) is 0.913. The van der Waals surface area contributed by atoms with Crippen LogP contribution in [-0.2, 0) is 4.74 Å². The van der Waals surface area contributed by atoms with Gasteiger partial charge >= 0.3 is 0 Å². The Morgan fingerprint density at radius 2 is 1.00 bits per heavy atom. The van der Waals surface area contributed by atoms with Gasteiger partial charge in [0.1, 0.15) is 5.60 Å². The third kappa shape index (κ3) is 23.8. The zero-order valence-corrected chi connectivity index (χ0v) is 19.3. The SMILES string of the molecule is CC=COC(C)(C)CCCCCCCCCCCCCCCCC.Cl.N. The van der Waals surface area contributed by atoms with Crippen LogP contribution in [0, 0.1) is 0 Å². The van der Waals surface area contributed by atoms with Gasteiger partial charge in [-0.2, -0.15) is 0 Å². The highest BCUT2D eigenvalue weighted by Crippen LogP contribution is 2.20. The first-order chi connectivity index (χ1) is 11.6. The maximum atomic E-state index is 5.72. The third-order valence-electron chi connectivity index (χ3n) is 4.91. The van der Waals surface area contributed by atoms with Crippen LogP contribution >= 0.6 is 12.4 Å². The Morgan fingerprint density at radius 3 is 1.35 bits per heavy atom. The van der Waals surface area contributed by atoms with Gasteiger partial charge in [0.15, 0.2) is 0 Å². The van der Waals surface area contributed by atoms with E-state index in [1.807, 2.05) is 19.3 Å². The Morgan fingerprint density at radius 1 is 0.654 bits per heavy atom.